The number of ether oxygens (including phenoxy) is 3. The molecule has 0 saturated carbocycles. The normalized spacial score (nSPS) is 11.2. The summed E-state index contributed by atoms with van der Waals surface area (Å²) in [5, 5.41) is 9.54. The molecule has 2 aromatic rings. The number of rotatable bonds is 8. The van der Waals surface area contributed by atoms with Crippen LogP contribution in [0.2, 0.25) is 0 Å². The zero-order chi connectivity index (χ0) is 17.2. The van der Waals surface area contributed by atoms with Crippen LogP contribution in [-0.4, -0.2) is 32.5 Å². The van der Waals surface area contributed by atoms with E-state index in [-0.39, 0.29) is 5.75 Å². The van der Waals surface area contributed by atoms with Crippen LogP contribution in [0.25, 0.3) is 12.2 Å². The lowest BCUT2D eigenvalue weighted by Gasteiger charge is -2.03. The number of methoxy groups -OCH3 is 2. The van der Waals surface area contributed by atoms with Crippen molar-refractivity contribution >= 4 is 12.2 Å². The Hall–Kier alpha value is -2.72. The Morgan fingerprint density at radius 1 is 0.833 bits per heavy atom. The van der Waals surface area contributed by atoms with E-state index in [1.807, 2.05) is 54.6 Å². The number of hydrogen-bond acceptors (Lipinski definition) is 4. The fraction of sp³-hybridized carbons (Fsp3) is 0.200. The molecule has 2 aromatic carbocycles. The van der Waals surface area contributed by atoms with Crippen molar-refractivity contribution in [3.05, 3.63) is 65.7 Å². The summed E-state index contributed by atoms with van der Waals surface area (Å²) in [6, 6.07) is 13.0. The van der Waals surface area contributed by atoms with Crippen LogP contribution in [0.1, 0.15) is 11.1 Å². The van der Waals surface area contributed by atoms with Gasteiger partial charge in [-0.2, -0.15) is 0 Å². The number of aromatic hydroxyl groups is 1. The molecule has 0 atom stereocenters. The Bertz CT molecular complexity index is 687. The summed E-state index contributed by atoms with van der Waals surface area (Å²) in [5.41, 5.74) is 2.05. The van der Waals surface area contributed by atoms with Crippen molar-refractivity contribution in [2.45, 2.75) is 0 Å². The second kappa shape index (κ2) is 9.43. The summed E-state index contributed by atoms with van der Waals surface area (Å²) in [4.78, 5) is 0. The Kier molecular flexibility index (Phi) is 6.92. The minimum absolute atomic E-state index is 0.134. The van der Waals surface area contributed by atoms with Crippen molar-refractivity contribution in [3.8, 4) is 17.2 Å². The molecule has 0 heterocycles. The Balaban J connectivity index is 1.73. The highest BCUT2D eigenvalue weighted by molar-refractivity contribution is 5.55. The number of hydrogen-bond donors (Lipinski definition) is 1. The Morgan fingerprint density at radius 2 is 1.46 bits per heavy atom. The molecular formula is C20H22O4. The smallest absolute Gasteiger partial charge is 0.161 e. The quantitative estimate of drug-likeness (QED) is 0.740. The summed E-state index contributed by atoms with van der Waals surface area (Å²) in [6.07, 6.45) is 7.83. The second-order valence-corrected chi connectivity index (χ2v) is 5.05. The third-order valence-electron chi connectivity index (χ3n) is 3.37. The van der Waals surface area contributed by atoms with E-state index in [9.17, 15) is 5.11 Å². The van der Waals surface area contributed by atoms with Gasteiger partial charge in [0.25, 0.3) is 0 Å². The molecule has 4 heteroatoms. The molecule has 0 aliphatic carbocycles. The van der Waals surface area contributed by atoms with E-state index in [2.05, 4.69) is 0 Å². The molecule has 0 spiro atoms. The van der Waals surface area contributed by atoms with Crippen LogP contribution in [0.4, 0.5) is 0 Å². The van der Waals surface area contributed by atoms with Crippen LogP contribution < -0.4 is 9.47 Å². The lowest BCUT2D eigenvalue weighted by atomic mass is 10.2. The topological polar surface area (TPSA) is 47.9 Å². The van der Waals surface area contributed by atoms with Gasteiger partial charge in [-0.15, -0.1) is 0 Å². The average Bonchev–Trinajstić information content (AvgIpc) is 2.62. The minimum atomic E-state index is 0.134. The summed E-state index contributed by atoms with van der Waals surface area (Å²) < 4.78 is 15.7. The van der Waals surface area contributed by atoms with Gasteiger partial charge in [0.1, 0.15) is 5.75 Å². The maximum Gasteiger partial charge on any atom is 0.161 e. The molecule has 0 unspecified atom stereocenters. The molecule has 4 nitrogen and oxygen atoms in total. The number of phenols is 1. The molecule has 2 rings (SSSR count). The molecule has 0 saturated heterocycles. The van der Waals surface area contributed by atoms with Gasteiger partial charge in [-0.05, 0) is 35.4 Å². The lowest BCUT2D eigenvalue weighted by Crippen LogP contribution is -1.90. The fourth-order valence-electron chi connectivity index (χ4n) is 2.09. The number of benzene rings is 2. The first kappa shape index (κ1) is 17.6. The van der Waals surface area contributed by atoms with Gasteiger partial charge < -0.3 is 19.3 Å². The van der Waals surface area contributed by atoms with E-state index >= 15 is 0 Å². The molecule has 0 aliphatic heterocycles. The molecule has 0 radical (unpaired) electrons. The van der Waals surface area contributed by atoms with Crippen LogP contribution in [0.5, 0.6) is 17.2 Å². The molecule has 0 amide bonds. The van der Waals surface area contributed by atoms with Gasteiger partial charge in [0.15, 0.2) is 11.5 Å². The van der Waals surface area contributed by atoms with Gasteiger partial charge in [-0.1, -0.05) is 42.5 Å². The van der Waals surface area contributed by atoms with Gasteiger partial charge >= 0.3 is 0 Å². The van der Waals surface area contributed by atoms with Crippen molar-refractivity contribution in [3.63, 3.8) is 0 Å². The average molecular weight is 326 g/mol. The SMILES string of the molecule is COc1ccc(/C=C/COC/C=C/c2ccc(O)c(OC)c2)cc1. The summed E-state index contributed by atoms with van der Waals surface area (Å²) in [6.45, 7) is 1.05. The third kappa shape index (κ3) is 5.48. The van der Waals surface area contributed by atoms with Crippen LogP contribution in [0, 0.1) is 0 Å². The first-order valence-electron chi connectivity index (χ1n) is 7.65. The van der Waals surface area contributed by atoms with Crippen molar-refractivity contribution in [1.29, 1.82) is 0 Å². The predicted molar refractivity (Wildman–Crippen MR) is 96.5 cm³/mol. The summed E-state index contributed by atoms with van der Waals surface area (Å²) in [7, 11) is 3.18. The van der Waals surface area contributed by atoms with Crippen LogP contribution in [-0.2, 0) is 4.74 Å². The van der Waals surface area contributed by atoms with Crippen LogP contribution in [0.15, 0.2) is 54.6 Å². The molecule has 1 N–H and O–H groups in total. The Morgan fingerprint density at radius 3 is 2.08 bits per heavy atom. The zero-order valence-electron chi connectivity index (χ0n) is 13.9. The molecular weight excluding hydrogens is 304 g/mol. The maximum atomic E-state index is 9.54. The van der Waals surface area contributed by atoms with E-state index in [4.69, 9.17) is 14.2 Å². The van der Waals surface area contributed by atoms with Crippen molar-refractivity contribution in [2.24, 2.45) is 0 Å². The van der Waals surface area contributed by atoms with Crippen molar-refractivity contribution < 1.29 is 19.3 Å². The first-order chi connectivity index (χ1) is 11.7. The highest BCUT2D eigenvalue weighted by atomic mass is 16.5. The number of phenolic OH excluding ortho intramolecular Hbond substituents is 1. The lowest BCUT2D eigenvalue weighted by molar-refractivity contribution is 0.195. The molecule has 0 fully saturated rings. The highest BCUT2D eigenvalue weighted by Gasteiger charge is 1.99. The van der Waals surface area contributed by atoms with E-state index in [0.717, 1.165) is 16.9 Å². The molecule has 0 bridgehead atoms. The Labute approximate surface area is 142 Å². The van der Waals surface area contributed by atoms with Crippen LogP contribution >= 0.6 is 0 Å². The van der Waals surface area contributed by atoms with Gasteiger partial charge in [-0.3, -0.25) is 0 Å². The van der Waals surface area contributed by atoms with Gasteiger partial charge in [0, 0.05) is 0 Å². The third-order valence-corrected chi connectivity index (χ3v) is 3.37. The zero-order valence-corrected chi connectivity index (χ0v) is 13.9. The monoisotopic (exact) mass is 326 g/mol. The highest BCUT2D eigenvalue weighted by Crippen LogP contribution is 2.26. The first-order valence-corrected chi connectivity index (χ1v) is 7.65. The van der Waals surface area contributed by atoms with Gasteiger partial charge in [0.05, 0.1) is 27.4 Å². The minimum Gasteiger partial charge on any atom is -0.504 e. The van der Waals surface area contributed by atoms with Gasteiger partial charge in [0.2, 0.25) is 0 Å². The largest absolute Gasteiger partial charge is 0.504 e. The summed E-state index contributed by atoms with van der Waals surface area (Å²) in [5.74, 6) is 1.44. The molecule has 0 aliphatic rings. The van der Waals surface area contributed by atoms with Crippen molar-refractivity contribution in [2.75, 3.05) is 27.4 Å². The van der Waals surface area contributed by atoms with Gasteiger partial charge in [-0.25, -0.2) is 0 Å². The van der Waals surface area contributed by atoms with E-state index in [0.29, 0.717) is 19.0 Å². The molecule has 126 valence electrons. The van der Waals surface area contributed by atoms with E-state index in [1.165, 1.54) is 7.11 Å². The van der Waals surface area contributed by atoms with Crippen molar-refractivity contribution in [1.82, 2.24) is 0 Å². The van der Waals surface area contributed by atoms with E-state index < -0.39 is 0 Å². The second-order valence-electron chi connectivity index (χ2n) is 5.05. The standard InChI is InChI=1S/C20H22O4/c1-22-18-10-7-16(8-11-18)5-3-13-24-14-4-6-17-9-12-19(21)20(15-17)23-2/h3-12,15,21H,13-14H2,1-2H3/b5-3+,6-4+. The van der Waals surface area contributed by atoms with E-state index in [1.54, 1.807) is 19.2 Å². The predicted octanol–water partition coefficient (Wildman–Crippen LogP) is 4.15. The fourth-order valence-corrected chi connectivity index (χ4v) is 2.09. The summed E-state index contributed by atoms with van der Waals surface area (Å²) >= 11 is 0. The maximum absolute atomic E-state index is 9.54. The molecule has 0 aromatic heterocycles. The van der Waals surface area contributed by atoms with Crippen LogP contribution in [0.3, 0.4) is 0 Å². The molecule has 24 heavy (non-hydrogen) atoms.